The van der Waals surface area contributed by atoms with Crippen LogP contribution in [0.4, 0.5) is 11.4 Å². The molecule has 142 valence electrons. The molecule has 3 aromatic carbocycles. The quantitative estimate of drug-likeness (QED) is 0.171. The van der Waals surface area contributed by atoms with E-state index in [2.05, 4.69) is 10.3 Å². The van der Waals surface area contributed by atoms with Gasteiger partial charge in [-0.1, -0.05) is 24.3 Å². The summed E-state index contributed by atoms with van der Waals surface area (Å²) in [5, 5.41) is 3.49. The fourth-order valence-electron chi connectivity index (χ4n) is 3.73. The number of benzene rings is 3. The van der Waals surface area contributed by atoms with Gasteiger partial charge < -0.3 is 16.8 Å². The van der Waals surface area contributed by atoms with E-state index in [9.17, 15) is 19.2 Å². The van der Waals surface area contributed by atoms with Gasteiger partial charge in [0, 0.05) is 17.3 Å². The van der Waals surface area contributed by atoms with Crippen LogP contribution in [0.15, 0.2) is 43.4 Å². The van der Waals surface area contributed by atoms with E-state index in [-0.39, 0.29) is 43.7 Å². The van der Waals surface area contributed by atoms with Gasteiger partial charge in [-0.25, -0.2) is 0 Å². The van der Waals surface area contributed by atoms with Crippen LogP contribution in [-0.2, 0) is 0 Å². The van der Waals surface area contributed by atoms with E-state index >= 15 is 0 Å². The number of aromatic nitrogens is 1. The van der Waals surface area contributed by atoms with Gasteiger partial charge in [-0.05, 0) is 19.4 Å². The van der Waals surface area contributed by atoms with Gasteiger partial charge in [0.15, 0.2) is 10.9 Å². The molecule has 1 aromatic heterocycles. The van der Waals surface area contributed by atoms with Gasteiger partial charge >= 0.3 is 0 Å². The Bertz CT molecular complexity index is 1450. The zero-order valence-electron chi connectivity index (χ0n) is 14.9. The number of hydrogen-bond donors (Lipinski definition) is 4. The molecule has 0 amide bonds. The number of anilines is 2. The van der Waals surface area contributed by atoms with Gasteiger partial charge in [0.25, 0.3) is 11.1 Å². The molecule has 0 fully saturated rings. The molecule has 0 aliphatic heterocycles. The van der Waals surface area contributed by atoms with Crippen molar-refractivity contribution in [3.05, 3.63) is 65.4 Å². The number of H-pyrrole nitrogens is 1. The third kappa shape index (κ3) is 2.42. The maximum Gasteiger partial charge on any atom is 0.261 e. The third-order valence-corrected chi connectivity index (χ3v) is 5.02. The van der Waals surface area contributed by atoms with Crippen LogP contribution < -0.4 is 38.8 Å². The molecule has 0 spiro atoms. The van der Waals surface area contributed by atoms with Crippen LogP contribution >= 0.6 is 0 Å². The first-order valence-electron chi connectivity index (χ1n) is 8.94. The molecule has 28 heavy (non-hydrogen) atoms. The highest BCUT2D eigenvalue weighted by Gasteiger charge is 2.24. The molecule has 0 aliphatic carbocycles. The van der Waals surface area contributed by atoms with E-state index < -0.39 is 22.0 Å². The zero-order chi connectivity index (χ0) is 20.0. The molecule has 0 saturated carbocycles. The minimum Gasteiger partial charge on any atom is -0.397 e. The molecule has 4 rings (SSSR count). The second kappa shape index (κ2) is 6.58. The van der Waals surface area contributed by atoms with E-state index in [1.807, 2.05) is 0 Å². The lowest BCUT2D eigenvalue weighted by molar-refractivity contribution is 0.775. The molecule has 0 unspecified atom stereocenters. The van der Waals surface area contributed by atoms with Crippen LogP contribution in [0.25, 0.3) is 32.3 Å². The maximum atomic E-state index is 13.2. The number of unbranched alkanes of at least 4 members (excludes halogenated alkanes) is 1. The predicted octanol–water partition coefficient (Wildman–Crippen LogP) is 0.524. The topological polar surface area (TPSA) is 148 Å². The summed E-state index contributed by atoms with van der Waals surface area (Å²) in [5.74, 6) is 0. The number of fused-ring (bicyclic) bond motifs is 3. The number of nitrogen functional groups attached to an aromatic ring is 1. The minimum atomic E-state index is -0.676. The van der Waals surface area contributed by atoms with E-state index in [1.165, 1.54) is 0 Å². The number of nitrogens with one attached hydrogen (secondary N) is 2. The Balaban J connectivity index is 2.23. The summed E-state index contributed by atoms with van der Waals surface area (Å²) in [6.45, 7) is 0.925. The second-order valence-corrected chi connectivity index (χ2v) is 6.70. The Kier molecular flexibility index (Phi) is 4.20. The molecule has 0 atom stereocenters. The van der Waals surface area contributed by atoms with E-state index in [0.29, 0.717) is 19.5 Å². The first-order valence-corrected chi connectivity index (χ1v) is 8.94. The molecular weight excluding hydrogens is 360 g/mol. The number of aromatic amines is 1. The lowest BCUT2D eigenvalue weighted by atomic mass is 9.96. The highest BCUT2D eigenvalue weighted by Crippen LogP contribution is 2.33. The molecule has 4 aromatic rings. The number of rotatable bonds is 5. The predicted molar refractivity (Wildman–Crippen MR) is 112 cm³/mol. The summed E-state index contributed by atoms with van der Waals surface area (Å²) in [5.41, 5.74) is 9.50. The molecule has 8 heteroatoms. The zero-order valence-corrected chi connectivity index (χ0v) is 14.9. The highest BCUT2D eigenvalue weighted by atomic mass is 16.2. The summed E-state index contributed by atoms with van der Waals surface area (Å²) in [7, 11) is 0. The lowest BCUT2D eigenvalue weighted by Crippen LogP contribution is -2.18. The van der Waals surface area contributed by atoms with Crippen LogP contribution in [0.2, 0.25) is 0 Å². The van der Waals surface area contributed by atoms with Crippen LogP contribution in [0.3, 0.4) is 0 Å². The molecule has 6 N–H and O–H groups in total. The van der Waals surface area contributed by atoms with E-state index in [0.717, 1.165) is 6.42 Å². The lowest BCUT2D eigenvalue weighted by Gasteiger charge is -2.13. The average molecular weight is 378 g/mol. The minimum absolute atomic E-state index is 0.00882. The fraction of sp³-hybridized carbons (Fsp3) is 0.200. The largest absolute Gasteiger partial charge is 0.397 e. The van der Waals surface area contributed by atoms with Crippen molar-refractivity contribution in [2.45, 2.75) is 12.8 Å². The molecule has 0 aliphatic rings. The number of nitrogens with two attached hydrogens (primary N) is 2. The monoisotopic (exact) mass is 378 g/mol. The van der Waals surface area contributed by atoms with Gasteiger partial charge in [0.1, 0.15) is 0 Å². The van der Waals surface area contributed by atoms with Crippen molar-refractivity contribution in [2.75, 3.05) is 24.1 Å². The first kappa shape index (κ1) is 17.9. The number of hydrogen-bond acceptors (Lipinski definition) is 7. The molecule has 0 saturated heterocycles. The summed E-state index contributed by atoms with van der Waals surface area (Å²) in [6.07, 6.45) is 1.44. The Morgan fingerprint density at radius 3 is 2.07 bits per heavy atom. The van der Waals surface area contributed by atoms with E-state index in [1.54, 1.807) is 24.3 Å². The summed E-state index contributed by atoms with van der Waals surface area (Å²) in [4.78, 5) is 53.2. The Labute approximate surface area is 157 Å². The van der Waals surface area contributed by atoms with Crippen molar-refractivity contribution in [3.8, 4) is 0 Å². The van der Waals surface area contributed by atoms with Crippen LogP contribution in [0.1, 0.15) is 12.8 Å². The normalized spacial score (nSPS) is 11.6. The van der Waals surface area contributed by atoms with Gasteiger partial charge in [-0.3, -0.25) is 24.2 Å². The molecular formula is C20H18N4O4. The Morgan fingerprint density at radius 1 is 0.821 bits per heavy atom. The van der Waals surface area contributed by atoms with Crippen molar-refractivity contribution in [1.29, 1.82) is 0 Å². The van der Waals surface area contributed by atoms with Crippen molar-refractivity contribution in [3.63, 3.8) is 0 Å². The summed E-state index contributed by atoms with van der Waals surface area (Å²) >= 11 is 0. The van der Waals surface area contributed by atoms with Gasteiger partial charge in [-0.2, -0.15) is 0 Å². The first-order chi connectivity index (χ1) is 13.5. The SMILES string of the molecule is NCCCCNc1c2c(=O)[nH]c(=O)c2c(N)c2c(=O)c3ccccc3c(=O)c12. The summed E-state index contributed by atoms with van der Waals surface area (Å²) < 4.78 is 0. The smallest absolute Gasteiger partial charge is 0.261 e. The van der Waals surface area contributed by atoms with Crippen molar-refractivity contribution >= 4 is 43.7 Å². The fourth-order valence-corrected chi connectivity index (χ4v) is 3.73. The molecule has 0 radical (unpaired) electrons. The molecule has 1 heterocycles. The van der Waals surface area contributed by atoms with Crippen LogP contribution in [0, 0.1) is 0 Å². The Morgan fingerprint density at radius 2 is 1.43 bits per heavy atom. The maximum absolute atomic E-state index is 13.2. The van der Waals surface area contributed by atoms with Gasteiger partial charge in [0.2, 0.25) is 0 Å². The van der Waals surface area contributed by atoms with Crippen LogP contribution in [0.5, 0.6) is 0 Å². The van der Waals surface area contributed by atoms with Crippen molar-refractivity contribution in [1.82, 2.24) is 4.98 Å². The van der Waals surface area contributed by atoms with Crippen LogP contribution in [-0.4, -0.2) is 18.1 Å². The second-order valence-electron chi connectivity index (χ2n) is 6.70. The van der Waals surface area contributed by atoms with Crippen molar-refractivity contribution < 1.29 is 0 Å². The standard InChI is InChI=1S/C20H18N4O4/c21-7-3-4-8-23-16-13-11(15(22)12-14(16)20(28)24-19(12)27)17(25)9-5-1-2-6-10(9)18(13)26/h1-2,5-6,23H,3-4,7-8,21-22H2,(H,24,27,28). The van der Waals surface area contributed by atoms with Gasteiger partial charge in [-0.15, -0.1) is 0 Å². The highest BCUT2D eigenvalue weighted by molar-refractivity contribution is 6.21. The average Bonchev–Trinajstić information content (AvgIpc) is 2.99. The Hall–Kier alpha value is -3.52. The summed E-state index contributed by atoms with van der Waals surface area (Å²) in [6, 6.07) is 6.42. The molecule has 8 nitrogen and oxygen atoms in total. The molecule has 0 bridgehead atoms. The third-order valence-electron chi connectivity index (χ3n) is 5.02. The van der Waals surface area contributed by atoms with E-state index in [4.69, 9.17) is 11.5 Å². The van der Waals surface area contributed by atoms with Crippen molar-refractivity contribution in [2.24, 2.45) is 5.73 Å². The van der Waals surface area contributed by atoms with Gasteiger partial charge in [0.05, 0.1) is 32.9 Å².